The summed E-state index contributed by atoms with van der Waals surface area (Å²) in [7, 11) is 0. The summed E-state index contributed by atoms with van der Waals surface area (Å²) in [5.74, 6) is -1.01. The second-order valence-corrected chi connectivity index (χ2v) is 6.27. The molecule has 0 aliphatic heterocycles. The Morgan fingerprint density at radius 3 is 1.93 bits per heavy atom. The zero-order valence-electron chi connectivity index (χ0n) is 14.7. The van der Waals surface area contributed by atoms with Crippen LogP contribution in [0.4, 0.5) is 0 Å². The molecule has 27 heavy (non-hydrogen) atoms. The van der Waals surface area contributed by atoms with Crippen molar-refractivity contribution in [3.05, 3.63) is 95.6 Å². The van der Waals surface area contributed by atoms with Gasteiger partial charge in [-0.3, -0.25) is 4.79 Å². The normalized spacial score (nSPS) is 11.9. The van der Waals surface area contributed by atoms with Crippen LogP contribution >= 0.6 is 0 Å². The third-order valence-electron chi connectivity index (χ3n) is 4.24. The van der Waals surface area contributed by atoms with Gasteiger partial charge in [-0.25, -0.2) is 0 Å². The first-order valence-electron chi connectivity index (χ1n) is 8.61. The second-order valence-electron chi connectivity index (χ2n) is 6.27. The first-order valence-corrected chi connectivity index (χ1v) is 8.61. The van der Waals surface area contributed by atoms with E-state index in [9.17, 15) is 15.0 Å². The van der Waals surface area contributed by atoms with E-state index in [-0.39, 0.29) is 17.9 Å². The van der Waals surface area contributed by atoms with E-state index in [2.05, 4.69) is 0 Å². The lowest BCUT2D eigenvalue weighted by Gasteiger charge is -2.21. The van der Waals surface area contributed by atoms with E-state index in [1.54, 1.807) is 6.07 Å². The molecule has 0 bridgehead atoms. The topological polar surface area (TPSA) is 92.8 Å². The van der Waals surface area contributed by atoms with Crippen molar-refractivity contribution >= 4 is 5.97 Å². The first kappa shape index (κ1) is 18.5. The zero-order chi connectivity index (χ0) is 19.2. The van der Waals surface area contributed by atoms with Crippen molar-refractivity contribution in [1.29, 1.82) is 0 Å². The number of rotatable bonds is 6. The fourth-order valence-corrected chi connectivity index (χ4v) is 2.82. The highest BCUT2D eigenvalue weighted by Crippen LogP contribution is 2.27. The van der Waals surface area contributed by atoms with E-state index in [1.807, 2.05) is 60.7 Å². The minimum Gasteiger partial charge on any atom is -0.504 e. The Bertz CT molecular complexity index is 857. The van der Waals surface area contributed by atoms with Crippen molar-refractivity contribution in [3.8, 4) is 11.5 Å². The molecule has 4 N–H and O–H groups in total. The maximum Gasteiger partial charge on any atom is 0.324 e. The van der Waals surface area contributed by atoms with E-state index < -0.39 is 18.1 Å². The van der Waals surface area contributed by atoms with Gasteiger partial charge in [0.15, 0.2) is 17.6 Å². The van der Waals surface area contributed by atoms with Gasteiger partial charge in [0, 0.05) is 0 Å². The molecule has 0 heterocycles. The number of hydrogen-bond donors (Lipinski definition) is 3. The molecule has 0 aliphatic carbocycles. The van der Waals surface area contributed by atoms with Gasteiger partial charge in [0.1, 0.15) is 6.04 Å². The number of phenols is 2. The van der Waals surface area contributed by atoms with Crippen molar-refractivity contribution < 1.29 is 19.7 Å². The van der Waals surface area contributed by atoms with Crippen LogP contribution in [0.15, 0.2) is 78.9 Å². The number of carbonyl (C=O) groups is 1. The number of hydrogen-bond acceptors (Lipinski definition) is 5. The van der Waals surface area contributed by atoms with Crippen LogP contribution in [-0.4, -0.2) is 22.2 Å². The molecule has 5 heteroatoms. The molecule has 0 saturated heterocycles. The van der Waals surface area contributed by atoms with Gasteiger partial charge >= 0.3 is 5.97 Å². The summed E-state index contributed by atoms with van der Waals surface area (Å²) in [6.07, 6.45) is -0.373. The minimum atomic E-state index is -0.899. The number of carbonyl (C=O) groups excluding carboxylic acids is 1. The third kappa shape index (κ3) is 4.65. The maximum atomic E-state index is 12.6. The summed E-state index contributed by atoms with van der Waals surface area (Å²) in [6, 6.07) is 22.4. The predicted molar refractivity (Wildman–Crippen MR) is 102 cm³/mol. The summed E-state index contributed by atoms with van der Waals surface area (Å²) in [4.78, 5) is 12.6. The highest BCUT2D eigenvalue weighted by atomic mass is 16.5. The monoisotopic (exact) mass is 363 g/mol. The summed E-state index contributed by atoms with van der Waals surface area (Å²) in [6.45, 7) is 0. The Morgan fingerprint density at radius 1 is 0.852 bits per heavy atom. The van der Waals surface area contributed by atoms with E-state index in [1.165, 1.54) is 12.1 Å². The van der Waals surface area contributed by atoms with Crippen LogP contribution in [0.25, 0.3) is 0 Å². The molecule has 0 spiro atoms. The Labute approximate surface area is 157 Å². The molecule has 138 valence electrons. The van der Waals surface area contributed by atoms with Gasteiger partial charge < -0.3 is 20.7 Å². The Balaban J connectivity index is 1.76. The fourth-order valence-electron chi connectivity index (χ4n) is 2.82. The van der Waals surface area contributed by atoms with Crippen molar-refractivity contribution in [3.63, 3.8) is 0 Å². The molecular formula is C22H21NO4. The maximum absolute atomic E-state index is 12.6. The zero-order valence-corrected chi connectivity index (χ0v) is 14.7. The third-order valence-corrected chi connectivity index (χ3v) is 4.24. The van der Waals surface area contributed by atoms with Crippen molar-refractivity contribution in [2.75, 3.05) is 0 Å². The van der Waals surface area contributed by atoms with Gasteiger partial charge in [-0.1, -0.05) is 66.7 Å². The van der Waals surface area contributed by atoms with Crippen LogP contribution < -0.4 is 5.73 Å². The summed E-state index contributed by atoms with van der Waals surface area (Å²) < 4.78 is 5.73. The number of benzene rings is 3. The number of ether oxygens (including phenoxy) is 1. The Hall–Kier alpha value is -3.31. The number of esters is 1. The number of phenolic OH excluding ortho intramolecular Hbond substituents is 2. The molecule has 0 saturated carbocycles. The molecule has 5 nitrogen and oxygen atoms in total. The second kappa shape index (κ2) is 8.38. The lowest BCUT2D eigenvalue weighted by Crippen LogP contribution is -2.35. The molecule has 3 aromatic carbocycles. The molecule has 3 rings (SSSR count). The fraction of sp³-hybridized carbons (Fsp3) is 0.136. The van der Waals surface area contributed by atoms with Crippen LogP contribution in [-0.2, 0) is 16.0 Å². The smallest absolute Gasteiger partial charge is 0.324 e. The molecule has 0 amide bonds. The van der Waals surface area contributed by atoms with Gasteiger partial charge in [0.2, 0.25) is 0 Å². The number of aromatic hydroxyl groups is 2. The van der Waals surface area contributed by atoms with E-state index in [0.717, 1.165) is 11.1 Å². The molecule has 3 aromatic rings. The van der Waals surface area contributed by atoms with Crippen LogP contribution in [0, 0.1) is 0 Å². The van der Waals surface area contributed by atoms with Gasteiger partial charge in [0.05, 0.1) is 0 Å². The average molecular weight is 363 g/mol. The number of nitrogens with two attached hydrogens (primary N) is 1. The van der Waals surface area contributed by atoms with Gasteiger partial charge in [-0.15, -0.1) is 0 Å². The van der Waals surface area contributed by atoms with Crippen LogP contribution in [0.5, 0.6) is 11.5 Å². The lowest BCUT2D eigenvalue weighted by atomic mass is 10.0. The van der Waals surface area contributed by atoms with Gasteiger partial charge in [0.25, 0.3) is 0 Å². The van der Waals surface area contributed by atoms with E-state index >= 15 is 0 Å². The van der Waals surface area contributed by atoms with Crippen molar-refractivity contribution in [1.82, 2.24) is 0 Å². The highest BCUT2D eigenvalue weighted by molar-refractivity contribution is 5.76. The van der Waals surface area contributed by atoms with Crippen molar-refractivity contribution in [2.24, 2.45) is 5.73 Å². The molecule has 0 aromatic heterocycles. The standard InChI is InChI=1S/C22H21NO4/c23-18(13-15-11-12-19(24)20(25)14-15)22(26)27-21(16-7-3-1-4-8-16)17-9-5-2-6-10-17/h1-12,14,18,21,24-25H,13,23H2. The summed E-state index contributed by atoms with van der Waals surface area (Å²) >= 11 is 0. The predicted octanol–water partition coefficient (Wildman–Crippen LogP) is 3.30. The quantitative estimate of drug-likeness (QED) is 0.462. The first-order chi connectivity index (χ1) is 13.0. The van der Waals surface area contributed by atoms with Gasteiger partial charge in [-0.05, 0) is 35.2 Å². The Morgan fingerprint density at radius 2 is 1.41 bits per heavy atom. The molecular weight excluding hydrogens is 342 g/mol. The van der Waals surface area contributed by atoms with Crippen LogP contribution in [0.2, 0.25) is 0 Å². The molecule has 0 fully saturated rings. The van der Waals surface area contributed by atoms with Crippen LogP contribution in [0.1, 0.15) is 22.8 Å². The van der Waals surface area contributed by atoms with Gasteiger partial charge in [-0.2, -0.15) is 0 Å². The van der Waals surface area contributed by atoms with Crippen molar-refractivity contribution in [2.45, 2.75) is 18.6 Å². The van der Waals surface area contributed by atoms with E-state index in [0.29, 0.717) is 5.56 Å². The minimum absolute atomic E-state index is 0.184. The van der Waals surface area contributed by atoms with E-state index in [4.69, 9.17) is 10.5 Å². The highest BCUT2D eigenvalue weighted by Gasteiger charge is 2.23. The molecule has 1 unspecified atom stereocenters. The molecule has 0 aliphatic rings. The summed E-state index contributed by atoms with van der Waals surface area (Å²) in [5, 5.41) is 19.0. The molecule has 0 radical (unpaired) electrons. The summed E-state index contributed by atoms with van der Waals surface area (Å²) in [5.41, 5.74) is 8.36. The Kier molecular flexibility index (Phi) is 5.74. The molecule has 1 atom stereocenters. The largest absolute Gasteiger partial charge is 0.504 e. The lowest BCUT2D eigenvalue weighted by molar-refractivity contribution is -0.149. The average Bonchev–Trinajstić information content (AvgIpc) is 2.70. The van der Waals surface area contributed by atoms with Crippen LogP contribution in [0.3, 0.4) is 0 Å². The SMILES string of the molecule is NC(Cc1ccc(O)c(O)c1)C(=O)OC(c1ccccc1)c1ccccc1.